The highest BCUT2D eigenvalue weighted by atomic mass is 35.5. The topological polar surface area (TPSA) is 122 Å². The van der Waals surface area contributed by atoms with Crippen LogP contribution in [-0.2, 0) is 24.6 Å². The number of benzene rings is 2. The summed E-state index contributed by atoms with van der Waals surface area (Å²) in [5.41, 5.74) is 0.473. The van der Waals surface area contributed by atoms with Crippen molar-refractivity contribution < 1.29 is 26.4 Å². The molecule has 0 spiro atoms. The number of sulfonamides is 1. The first-order chi connectivity index (χ1) is 17.6. The van der Waals surface area contributed by atoms with Gasteiger partial charge in [-0.25, -0.2) is 16.8 Å². The van der Waals surface area contributed by atoms with Crippen molar-refractivity contribution in [3.05, 3.63) is 82.5 Å². The van der Waals surface area contributed by atoms with Crippen molar-refractivity contribution in [1.29, 1.82) is 0 Å². The van der Waals surface area contributed by atoms with Crippen LogP contribution in [0.4, 0.5) is 11.4 Å². The van der Waals surface area contributed by atoms with Crippen LogP contribution in [0.15, 0.2) is 82.4 Å². The van der Waals surface area contributed by atoms with Crippen LogP contribution < -0.4 is 10.0 Å². The maximum absolute atomic E-state index is 13.2. The number of hydrogen-bond acceptors (Lipinski definition) is 8. The van der Waals surface area contributed by atoms with Gasteiger partial charge < -0.3 is 10.1 Å². The number of morpholine rings is 1. The molecule has 3 aromatic rings. The number of nitrogens with zero attached hydrogens (tertiary/aromatic N) is 1. The van der Waals surface area contributed by atoms with Crippen LogP contribution in [0.5, 0.6) is 0 Å². The molecule has 1 atom stereocenters. The second-order valence-electron chi connectivity index (χ2n) is 8.02. The van der Waals surface area contributed by atoms with Crippen molar-refractivity contribution in [2.24, 2.45) is 0 Å². The fourth-order valence-electron chi connectivity index (χ4n) is 3.74. The summed E-state index contributed by atoms with van der Waals surface area (Å²) in [7, 11) is -7.68. The predicted molar refractivity (Wildman–Crippen MR) is 145 cm³/mol. The van der Waals surface area contributed by atoms with Crippen molar-refractivity contribution in [2.75, 3.05) is 36.3 Å². The molecule has 1 aliphatic rings. The van der Waals surface area contributed by atoms with E-state index in [0.29, 0.717) is 37.0 Å². The Hall–Kier alpha value is -2.74. The van der Waals surface area contributed by atoms with Crippen LogP contribution in [-0.4, -0.2) is 59.3 Å². The van der Waals surface area contributed by atoms with Gasteiger partial charge >= 0.3 is 0 Å². The third-order valence-electron chi connectivity index (χ3n) is 5.61. The highest BCUT2D eigenvalue weighted by Gasteiger charge is 2.31. The van der Waals surface area contributed by atoms with Gasteiger partial charge in [0.2, 0.25) is 0 Å². The Morgan fingerprint density at radius 3 is 2.24 bits per heavy atom. The number of hydrogen-bond donors (Lipinski definition) is 2. The highest BCUT2D eigenvalue weighted by Crippen LogP contribution is 2.28. The monoisotopic (exact) mass is 581 g/mol. The number of rotatable bonds is 9. The molecule has 1 aromatic heterocycles. The molecule has 1 fully saturated rings. The molecule has 0 bridgehead atoms. The summed E-state index contributed by atoms with van der Waals surface area (Å²) in [6, 6.07) is 12.9. The first-order valence-electron chi connectivity index (χ1n) is 11.1. The largest absolute Gasteiger partial charge is 0.379 e. The lowest BCUT2D eigenvalue weighted by atomic mass is 10.3. The number of ether oxygens (including phenoxy) is 1. The number of carbonyl (C=O) groups excluding carboxylic acids is 1. The Labute approximate surface area is 224 Å². The summed E-state index contributed by atoms with van der Waals surface area (Å²) in [6.45, 7) is 5.56. The Morgan fingerprint density at radius 1 is 1.00 bits per heavy atom. The van der Waals surface area contributed by atoms with Gasteiger partial charge in [0.05, 0.1) is 28.7 Å². The second kappa shape index (κ2) is 11.3. The van der Waals surface area contributed by atoms with Crippen molar-refractivity contribution >= 4 is 60.1 Å². The maximum Gasteiger partial charge on any atom is 0.267 e. The number of sulfone groups is 1. The molecule has 4 rings (SSSR count). The van der Waals surface area contributed by atoms with Crippen LogP contribution in [0.25, 0.3) is 0 Å². The fraction of sp³-hybridized carbons (Fsp3) is 0.208. The standard InChI is InChI=1S/C24H24ClN3O6S3/c1-2-22(28-12-14-34-15-13-28)36(30,31)19-9-5-18(6-10-19)26-24(29)23-21(11-16-35-23)27-37(32,33)20-7-3-17(25)4-8-20/h2-11,16,22,27H,1,12-15H2,(H,26,29). The van der Waals surface area contributed by atoms with Gasteiger partial charge in [0, 0.05) is 23.8 Å². The lowest BCUT2D eigenvalue weighted by molar-refractivity contribution is 0.0374. The van der Waals surface area contributed by atoms with Gasteiger partial charge in [0.15, 0.2) is 9.84 Å². The second-order valence-corrected chi connectivity index (χ2v) is 13.1. The SMILES string of the molecule is C=CC(N1CCOCC1)S(=O)(=O)c1ccc(NC(=O)c2sccc2NS(=O)(=O)c2ccc(Cl)cc2)cc1. The van der Waals surface area contributed by atoms with Crippen molar-refractivity contribution in [3.63, 3.8) is 0 Å². The summed E-state index contributed by atoms with van der Waals surface area (Å²) in [4.78, 5) is 14.9. The van der Waals surface area contributed by atoms with Gasteiger partial charge in [-0.3, -0.25) is 14.4 Å². The minimum atomic E-state index is -3.94. The highest BCUT2D eigenvalue weighted by molar-refractivity contribution is 7.92. The Morgan fingerprint density at radius 2 is 1.62 bits per heavy atom. The summed E-state index contributed by atoms with van der Waals surface area (Å²) in [5, 5.41) is 3.78. The molecule has 2 N–H and O–H groups in total. The maximum atomic E-state index is 13.2. The molecule has 9 nitrogen and oxygen atoms in total. The molecule has 0 aliphatic carbocycles. The fourth-order valence-corrected chi connectivity index (χ4v) is 7.40. The zero-order chi connectivity index (χ0) is 26.6. The summed E-state index contributed by atoms with van der Waals surface area (Å²) in [5.74, 6) is -0.545. The van der Waals surface area contributed by atoms with Gasteiger partial charge in [0.1, 0.15) is 10.3 Å². The molecule has 0 radical (unpaired) electrons. The van der Waals surface area contributed by atoms with E-state index in [0.717, 1.165) is 11.3 Å². The zero-order valence-electron chi connectivity index (χ0n) is 19.5. The normalized spacial score (nSPS) is 15.6. The Balaban J connectivity index is 1.47. The molecule has 37 heavy (non-hydrogen) atoms. The number of nitrogens with one attached hydrogen (secondary N) is 2. The molecule has 13 heteroatoms. The zero-order valence-corrected chi connectivity index (χ0v) is 22.7. The number of carbonyl (C=O) groups is 1. The molecule has 1 saturated heterocycles. The number of thiophene rings is 1. The van der Waals surface area contributed by atoms with Crippen LogP contribution >= 0.6 is 22.9 Å². The summed E-state index contributed by atoms with van der Waals surface area (Å²) >= 11 is 6.89. The van der Waals surface area contributed by atoms with E-state index in [9.17, 15) is 21.6 Å². The smallest absolute Gasteiger partial charge is 0.267 e. The van der Waals surface area contributed by atoms with Gasteiger partial charge in [-0.05, 0) is 60.0 Å². The molecule has 1 aliphatic heterocycles. The molecule has 2 heterocycles. The van der Waals surface area contributed by atoms with E-state index in [2.05, 4.69) is 16.6 Å². The van der Waals surface area contributed by atoms with Gasteiger partial charge in [-0.15, -0.1) is 17.9 Å². The molecule has 1 amide bonds. The van der Waals surface area contributed by atoms with E-state index in [4.69, 9.17) is 16.3 Å². The van der Waals surface area contributed by atoms with E-state index in [1.165, 1.54) is 60.7 Å². The minimum absolute atomic E-state index is 0.00108. The van der Waals surface area contributed by atoms with Gasteiger partial charge in [0.25, 0.3) is 15.9 Å². The lowest BCUT2D eigenvalue weighted by Gasteiger charge is -2.32. The van der Waals surface area contributed by atoms with Crippen LogP contribution in [0.2, 0.25) is 5.02 Å². The average molecular weight is 582 g/mol. The Bertz CT molecular complexity index is 1480. The first-order valence-corrected chi connectivity index (χ1v) is 15.4. The molecule has 0 saturated carbocycles. The predicted octanol–water partition coefficient (Wildman–Crippen LogP) is 4.07. The molecule has 196 valence electrons. The lowest BCUT2D eigenvalue weighted by Crippen LogP contribution is -2.46. The molecule has 1 unspecified atom stereocenters. The third-order valence-corrected chi connectivity index (χ3v) is 10.2. The summed E-state index contributed by atoms with van der Waals surface area (Å²) in [6.07, 6.45) is 1.40. The van der Waals surface area contributed by atoms with E-state index >= 15 is 0 Å². The van der Waals surface area contributed by atoms with Crippen molar-refractivity contribution in [2.45, 2.75) is 15.2 Å². The molecule has 2 aromatic carbocycles. The van der Waals surface area contributed by atoms with E-state index in [1.807, 2.05) is 0 Å². The van der Waals surface area contributed by atoms with Crippen molar-refractivity contribution in [1.82, 2.24) is 4.90 Å². The van der Waals surface area contributed by atoms with E-state index in [-0.39, 0.29) is 20.4 Å². The quantitative estimate of drug-likeness (QED) is 0.365. The van der Waals surface area contributed by atoms with Gasteiger partial charge in [-0.1, -0.05) is 17.7 Å². The molecular weight excluding hydrogens is 558 g/mol. The molecular formula is C24H24ClN3O6S3. The van der Waals surface area contributed by atoms with Crippen LogP contribution in [0.3, 0.4) is 0 Å². The average Bonchev–Trinajstić information content (AvgIpc) is 3.33. The minimum Gasteiger partial charge on any atom is -0.379 e. The number of amides is 1. The summed E-state index contributed by atoms with van der Waals surface area (Å²) < 4.78 is 59.5. The first kappa shape index (κ1) is 27.3. The van der Waals surface area contributed by atoms with Crippen molar-refractivity contribution in [3.8, 4) is 0 Å². The van der Waals surface area contributed by atoms with Gasteiger partial charge in [-0.2, -0.15) is 0 Å². The van der Waals surface area contributed by atoms with E-state index in [1.54, 1.807) is 10.3 Å². The Kier molecular flexibility index (Phi) is 8.36. The number of halogens is 1. The third kappa shape index (κ3) is 6.22. The van der Waals surface area contributed by atoms with Crippen LogP contribution in [0, 0.1) is 0 Å². The number of anilines is 2. The van der Waals surface area contributed by atoms with E-state index < -0.39 is 31.1 Å². The van der Waals surface area contributed by atoms with Crippen LogP contribution in [0.1, 0.15) is 9.67 Å².